The number of anilines is 1. The summed E-state index contributed by atoms with van der Waals surface area (Å²) in [6.07, 6.45) is 0.228. The number of aliphatic carboxylic acids is 1. The molecule has 0 aliphatic carbocycles. The maximum atomic E-state index is 11.8. The molecule has 106 valence electrons. The van der Waals surface area contributed by atoms with Crippen LogP contribution < -0.4 is 15.0 Å². The number of amides is 3. The van der Waals surface area contributed by atoms with Gasteiger partial charge in [0.25, 0.3) is 0 Å². The highest BCUT2D eigenvalue weighted by molar-refractivity contribution is 6.06. The minimum absolute atomic E-state index is 0.228. The van der Waals surface area contributed by atoms with Gasteiger partial charge >= 0.3 is 12.0 Å². The summed E-state index contributed by atoms with van der Waals surface area (Å²) >= 11 is 0. The second-order valence-electron chi connectivity index (χ2n) is 4.39. The van der Waals surface area contributed by atoms with Crippen LogP contribution in [0.4, 0.5) is 10.5 Å². The normalized spacial score (nSPS) is 14.9. The van der Waals surface area contributed by atoms with Crippen molar-refractivity contribution in [2.45, 2.75) is 13.3 Å². The molecule has 1 fully saturated rings. The van der Waals surface area contributed by atoms with Crippen LogP contribution in [0.15, 0.2) is 18.2 Å². The number of imide groups is 1. The molecule has 2 N–H and O–H groups in total. The fraction of sp³-hybridized carbons (Fsp3) is 0.308. The van der Waals surface area contributed by atoms with Crippen molar-refractivity contribution in [2.75, 3.05) is 18.1 Å². The summed E-state index contributed by atoms with van der Waals surface area (Å²) in [6, 6.07) is 4.47. The van der Waals surface area contributed by atoms with E-state index in [9.17, 15) is 14.4 Å². The maximum Gasteiger partial charge on any atom is 0.341 e. The van der Waals surface area contributed by atoms with Crippen molar-refractivity contribution in [1.82, 2.24) is 5.32 Å². The number of ether oxygens (including phenoxy) is 1. The van der Waals surface area contributed by atoms with Gasteiger partial charge in [-0.15, -0.1) is 0 Å². The predicted molar refractivity (Wildman–Crippen MR) is 69.8 cm³/mol. The smallest absolute Gasteiger partial charge is 0.341 e. The van der Waals surface area contributed by atoms with Crippen LogP contribution in [0.25, 0.3) is 0 Å². The first-order valence-corrected chi connectivity index (χ1v) is 6.04. The molecular weight excluding hydrogens is 264 g/mol. The number of hydrogen-bond acceptors (Lipinski definition) is 4. The number of carboxylic acid groups (broad SMARTS) is 1. The van der Waals surface area contributed by atoms with Gasteiger partial charge in [0.1, 0.15) is 5.75 Å². The summed E-state index contributed by atoms with van der Waals surface area (Å²) in [5, 5.41) is 10.8. The van der Waals surface area contributed by atoms with Gasteiger partial charge < -0.3 is 9.84 Å². The van der Waals surface area contributed by atoms with Crippen molar-refractivity contribution >= 4 is 23.6 Å². The molecule has 0 saturated carbocycles. The fourth-order valence-electron chi connectivity index (χ4n) is 1.91. The molecule has 1 aromatic rings. The first-order valence-electron chi connectivity index (χ1n) is 6.04. The Morgan fingerprint density at radius 2 is 2.20 bits per heavy atom. The predicted octanol–water partition coefficient (Wildman–Crippen LogP) is 0.905. The van der Waals surface area contributed by atoms with Gasteiger partial charge in [0.2, 0.25) is 5.91 Å². The van der Waals surface area contributed by atoms with E-state index < -0.39 is 18.6 Å². The van der Waals surface area contributed by atoms with E-state index in [0.717, 1.165) is 5.56 Å². The average molecular weight is 278 g/mol. The number of aryl methyl sites for hydroxylation is 1. The second-order valence-corrected chi connectivity index (χ2v) is 4.39. The van der Waals surface area contributed by atoms with Crippen LogP contribution >= 0.6 is 0 Å². The summed E-state index contributed by atoms with van der Waals surface area (Å²) in [5.41, 5.74) is 1.43. The Morgan fingerprint density at radius 3 is 2.85 bits per heavy atom. The lowest BCUT2D eigenvalue weighted by atomic mass is 10.1. The van der Waals surface area contributed by atoms with E-state index in [2.05, 4.69) is 5.32 Å². The van der Waals surface area contributed by atoms with E-state index in [0.29, 0.717) is 11.4 Å². The standard InChI is InChI=1S/C13H14N2O5/c1-8-2-3-9(20-7-12(17)18)6-10(8)15-5-4-11(16)14-13(15)19/h2-3,6H,4-5,7H2,1H3,(H,17,18)(H,14,16,19). The molecule has 0 radical (unpaired) electrons. The van der Waals surface area contributed by atoms with Gasteiger partial charge in [-0.25, -0.2) is 9.59 Å². The first kappa shape index (κ1) is 13.9. The van der Waals surface area contributed by atoms with Crippen molar-refractivity contribution in [3.63, 3.8) is 0 Å². The Bertz CT molecular complexity index is 570. The molecule has 1 heterocycles. The van der Waals surface area contributed by atoms with E-state index in [1.54, 1.807) is 18.2 Å². The summed E-state index contributed by atoms with van der Waals surface area (Å²) in [6.45, 7) is 1.65. The summed E-state index contributed by atoms with van der Waals surface area (Å²) < 4.78 is 5.09. The lowest BCUT2D eigenvalue weighted by molar-refractivity contribution is -0.139. The monoisotopic (exact) mass is 278 g/mol. The third kappa shape index (κ3) is 3.05. The van der Waals surface area contributed by atoms with Gasteiger partial charge in [-0.1, -0.05) is 6.07 Å². The zero-order valence-electron chi connectivity index (χ0n) is 10.9. The van der Waals surface area contributed by atoms with E-state index in [1.807, 2.05) is 6.92 Å². The Morgan fingerprint density at radius 1 is 1.45 bits per heavy atom. The topological polar surface area (TPSA) is 95.9 Å². The highest BCUT2D eigenvalue weighted by Gasteiger charge is 2.25. The zero-order chi connectivity index (χ0) is 14.7. The number of nitrogens with one attached hydrogen (secondary N) is 1. The molecule has 7 heteroatoms. The van der Waals surface area contributed by atoms with Crippen molar-refractivity contribution in [3.05, 3.63) is 23.8 Å². The average Bonchev–Trinajstić information content (AvgIpc) is 2.38. The lowest BCUT2D eigenvalue weighted by Gasteiger charge is -2.28. The van der Waals surface area contributed by atoms with Crippen molar-refractivity contribution in [3.8, 4) is 5.75 Å². The number of hydrogen-bond donors (Lipinski definition) is 2. The summed E-state index contributed by atoms with van der Waals surface area (Å²) in [7, 11) is 0. The quantitative estimate of drug-likeness (QED) is 0.853. The molecule has 0 aromatic heterocycles. The third-order valence-electron chi connectivity index (χ3n) is 2.89. The fourth-order valence-corrected chi connectivity index (χ4v) is 1.91. The molecule has 2 rings (SSSR count). The molecule has 0 atom stereocenters. The minimum atomic E-state index is -1.08. The molecule has 1 aliphatic heterocycles. The number of urea groups is 1. The molecule has 20 heavy (non-hydrogen) atoms. The Balaban J connectivity index is 2.22. The van der Waals surface area contributed by atoms with Crippen LogP contribution in [0.5, 0.6) is 5.75 Å². The third-order valence-corrected chi connectivity index (χ3v) is 2.89. The molecule has 0 spiro atoms. The first-order chi connectivity index (χ1) is 9.47. The Labute approximate surface area is 115 Å². The number of nitrogens with zero attached hydrogens (tertiary/aromatic N) is 1. The highest BCUT2D eigenvalue weighted by atomic mass is 16.5. The van der Waals surface area contributed by atoms with Gasteiger partial charge in [-0.3, -0.25) is 15.0 Å². The van der Waals surface area contributed by atoms with Gasteiger partial charge in [0.15, 0.2) is 6.61 Å². The van der Waals surface area contributed by atoms with Crippen molar-refractivity contribution in [2.24, 2.45) is 0 Å². The van der Waals surface area contributed by atoms with Gasteiger partial charge in [-0.2, -0.15) is 0 Å². The summed E-state index contributed by atoms with van der Waals surface area (Å²) in [5.74, 6) is -1.02. The molecule has 3 amide bonds. The number of carbonyl (C=O) groups excluding carboxylic acids is 2. The number of carbonyl (C=O) groups is 3. The molecule has 1 aromatic carbocycles. The van der Waals surface area contributed by atoms with Crippen molar-refractivity contribution < 1.29 is 24.2 Å². The second kappa shape index (κ2) is 5.60. The van der Waals surface area contributed by atoms with Crippen LogP contribution in [-0.2, 0) is 9.59 Å². The van der Waals surface area contributed by atoms with Gasteiger partial charge in [0, 0.05) is 19.0 Å². The lowest BCUT2D eigenvalue weighted by Crippen LogP contribution is -2.49. The van der Waals surface area contributed by atoms with Crippen molar-refractivity contribution in [1.29, 1.82) is 0 Å². The molecule has 7 nitrogen and oxygen atoms in total. The number of rotatable bonds is 4. The molecular formula is C13H14N2O5. The molecule has 0 unspecified atom stereocenters. The minimum Gasteiger partial charge on any atom is -0.482 e. The summed E-state index contributed by atoms with van der Waals surface area (Å²) in [4.78, 5) is 34.8. The molecule has 0 bridgehead atoms. The zero-order valence-corrected chi connectivity index (χ0v) is 10.9. The van der Waals surface area contributed by atoms with Crippen LogP contribution in [0.3, 0.4) is 0 Å². The van der Waals surface area contributed by atoms with E-state index in [-0.39, 0.29) is 18.9 Å². The van der Waals surface area contributed by atoms with E-state index >= 15 is 0 Å². The van der Waals surface area contributed by atoms with Gasteiger partial charge in [0.05, 0.1) is 5.69 Å². The Hall–Kier alpha value is -2.57. The SMILES string of the molecule is Cc1ccc(OCC(=O)O)cc1N1CCC(=O)NC1=O. The van der Waals surface area contributed by atoms with Crippen LogP contribution in [0.1, 0.15) is 12.0 Å². The maximum absolute atomic E-state index is 11.8. The van der Waals surface area contributed by atoms with E-state index in [1.165, 1.54) is 4.90 Å². The van der Waals surface area contributed by atoms with Gasteiger partial charge in [-0.05, 0) is 18.6 Å². The number of carboxylic acids is 1. The van der Waals surface area contributed by atoms with Crippen LogP contribution in [0, 0.1) is 6.92 Å². The van der Waals surface area contributed by atoms with Crippen LogP contribution in [-0.4, -0.2) is 36.2 Å². The number of benzene rings is 1. The highest BCUT2D eigenvalue weighted by Crippen LogP contribution is 2.27. The molecule has 1 saturated heterocycles. The largest absolute Gasteiger partial charge is 0.482 e. The Kier molecular flexibility index (Phi) is 3.88. The van der Waals surface area contributed by atoms with Crippen LogP contribution in [0.2, 0.25) is 0 Å². The molecule has 1 aliphatic rings. The van der Waals surface area contributed by atoms with E-state index in [4.69, 9.17) is 9.84 Å².